The fraction of sp³-hybridized carbons (Fsp3) is 0.200. The Labute approximate surface area is 138 Å². The summed E-state index contributed by atoms with van der Waals surface area (Å²) in [4.78, 5) is 16.8. The van der Waals surface area contributed by atoms with Crippen molar-refractivity contribution in [3.8, 4) is 0 Å². The molecule has 2 rings (SSSR count). The van der Waals surface area contributed by atoms with Gasteiger partial charge in [0.15, 0.2) is 10.2 Å². The molecule has 1 unspecified atom stereocenters. The maximum atomic E-state index is 12.5. The van der Waals surface area contributed by atoms with Crippen molar-refractivity contribution in [1.82, 2.24) is 10.3 Å². The molecule has 4 N–H and O–H groups in total. The number of thiocarbonyl (C=S) groups is 1. The number of anilines is 1. The van der Waals surface area contributed by atoms with Gasteiger partial charge in [-0.2, -0.15) is 0 Å². The molecule has 7 heteroatoms. The lowest BCUT2D eigenvalue weighted by molar-refractivity contribution is 0.103. The van der Waals surface area contributed by atoms with E-state index in [1.54, 1.807) is 11.4 Å². The van der Waals surface area contributed by atoms with Crippen molar-refractivity contribution in [3.63, 3.8) is 0 Å². The van der Waals surface area contributed by atoms with Crippen molar-refractivity contribution in [2.24, 2.45) is 5.73 Å². The lowest BCUT2D eigenvalue weighted by Crippen LogP contribution is -2.42. The Kier molecular flexibility index (Phi) is 5.46. The molecule has 1 atom stereocenters. The Bertz CT molecular complexity index is 684. The van der Waals surface area contributed by atoms with E-state index in [1.165, 1.54) is 11.3 Å². The summed E-state index contributed by atoms with van der Waals surface area (Å²) in [6, 6.07) is 7.46. The van der Waals surface area contributed by atoms with Gasteiger partial charge in [0.05, 0.1) is 0 Å². The van der Waals surface area contributed by atoms with Gasteiger partial charge in [-0.1, -0.05) is 24.3 Å². The van der Waals surface area contributed by atoms with E-state index in [1.807, 2.05) is 25.1 Å². The van der Waals surface area contributed by atoms with Crippen molar-refractivity contribution in [2.75, 3.05) is 5.32 Å². The Morgan fingerprint density at radius 2 is 2.23 bits per heavy atom. The smallest absolute Gasteiger partial charge is 0.212 e. The summed E-state index contributed by atoms with van der Waals surface area (Å²) >= 11 is 6.16. The number of hydrogen-bond acceptors (Lipinski definition) is 5. The molecule has 0 aliphatic rings. The quantitative estimate of drug-likeness (QED) is 0.428. The van der Waals surface area contributed by atoms with Gasteiger partial charge in [0.1, 0.15) is 11.9 Å². The maximum Gasteiger partial charge on any atom is 0.212 e. The highest BCUT2D eigenvalue weighted by Crippen LogP contribution is 2.20. The highest BCUT2D eigenvalue weighted by Gasteiger charge is 2.16. The van der Waals surface area contributed by atoms with Gasteiger partial charge >= 0.3 is 0 Å². The van der Waals surface area contributed by atoms with Gasteiger partial charge in [-0.15, -0.1) is 11.3 Å². The summed E-state index contributed by atoms with van der Waals surface area (Å²) in [6.45, 7) is 5.71. The monoisotopic (exact) mass is 333 g/mol. The number of thiazole rings is 1. The molecule has 0 saturated heterocycles. The van der Waals surface area contributed by atoms with Crippen LogP contribution in [-0.4, -0.2) is 22.0 Å². The standard InChI is InChI=1S/C15H17N4OS2/c1-3-12(18-14(16)21)19-15-17-11(8-22-15)13(20)10-7-5-4-6-9(10)2/h4-8,12H,1,3H2,2H3,(H,17,19)(H3,16,18,21). The zero-order valence-electron chi connectivity index (χ0n) is 12.1. The summed E-state index contributed by atoms with van der Waals surface area (Å²) in [5, 5.41) is 8.53. The lowest BCUT2D eigenvalue weighted by atomic mass is 10.0. The summed E-state index contributed by atoms with van der Waals surface area (Å²) in [5.74, 6) is -0.0871. The molecule has 1 radical (unpaired) electrons. The average Bonchev–Trinajstić information content (AvgIpc) is 2.94. The normalized spacial score (nSPS) is 11.7. The number of aryl methyl sites for hydroxylation is 1. The first-order chi connectivity index (χ1) is 10.5. The van der Waals surface area contributed by atoms with Crippen LogP contribution in [-0.2, 0) is 0 Å². The van der Waals surface area contributed by atoms with E-state index in [0.717, 1.165) is 5.56 Å². The third kappa shape index (κ3) is 4.02. The second-order valence-corrected chi connectivity index (χ2v) is 5.97. The van der Waals surface area contributed by atoms with Gasteiger partial charge in [-0.05, 0) is 38.0 Å². The molecule has 115 valence electrons. The van der Waals surface area contributed by atoms with Crippen LogP contribution in [0.1, 0.15) is 28.0 Å². The van der Waals surface area contributed by atoms with E-state index in [9.17, 15) is 4.79 Å². The van der Waals surface area contributed by atoms with Crippen molar-refractivity contribution < 1.29 is 4.79 Å². The number of rotatable bonds is 6. The second kappa shape index (κ2) is 7.33. The number of ketones is 1. The first kappa shape index (κ1) is 16.4. The van der Waals surface area contributed by atoms with Crippen LogP contribution in [0.5, 0.6) is 0 Å². The molecule has 0 spiro atoms. The van der Waals surface area contributed by atoms with E-state index >= 15 is 0 Å². The van der Waals surface area contributed by atoms with Crippen molar-refractivity contribution in [2.45, 2.75) is 19.5 Å². The molecule has 0 aliphatic heterocycles. The first-order valence-electron chi connectivity index (χ1n) is 6.69. The maximum absolute atomic E-state index is 12.5. The summed E-state index contributed by atoms with van der Waals surface area (Å²) in [5.41, 5.74) is 7.46. The van der Waals surface area contributed by atoms with Gasteiger partial charge in [0, 0.05) is 10.9 Å². The molecule has 0 aliphatic carbocycles. The SMILES string of the molecule is [CH2]CC(NC(N)=S)Nc1nc(C(=O)c2ccccc2C)cs1. The summed E-state index contributed by atoms with van der Waals surface area (Å²) in [7, 11) is 0. The number of nitrogens with zero attached hydrogens (tertiary/aromatic N) is 1. The topological polar surface area (TPSA) is 80.0 Å². The molecule has 0 amide bonds. The molecule has 0 bridgehead atoms. The largest absolute Gasteiger partial charge is 0.376 e. The second-order valence-electron chi connectivity index (χ2n) is 4.68. The lowest BCUT2D eigenvalue weighted by Gasteiger charge is -2.17. The molecule has 0 fully saturated rings. The fourth-order valence-electron chi connectivity index (χ4n) is 1.91. The molecule has 22 heavy (non-hydrogen) atoms. The number of nitrogens with one attached hydrogen (secondary N) is 2. The number of carbonyl (C=O) groups is 1. The Hall–Kier alpha value is -1.99. The van der Waals surface area contributed by atoms with E-state index < -0.39 is 0 Å². The van der Waals surface area contributed by atoms with E-state index in [2.05, 4.69) is 22.5 Å². The molecule has 1 heterocycles. The fourth-order valence-corrected chi connectivity index (χ4v) is 2.80. The predicted molar refractivity (Wildman–Crippen MR) is 94.0 cm³/mol. The van der Waals surface area contributed by atoms with Crippen LogP contribution in [0, 0.1) is 13.8 Å². The Morgan fingerprint density at radius 3 is 2.86 bits per heavy atom. The minimum atomic E-state index is -0.218. The Morgan fingerprint density at radius 1 is 1.50 bits per heavy atom. The van der Waals surface area contributed by atoms with Gasteiger partial charge in [-0.3, -0.25) is 4.79 Å². The number of benzene rings is 1. The number of aromatic nitrogens is 1. The van der Waals surface area contributed by atoms with Crippen molar-refractivity contribution in [1.29, 1.82) is 0 Å². The Balaban J connectivity index is 2.13. The van der Waals surface area contributed by atoms with Crippen LogP contribution in [0.3, 0.4) is 0 Å². The molecule has 1 aromatic carbocycles. The molecule has 0 saturated carbocycles. The van der Waals surface area contributed by atoms with Crippen LogP contribution in [0.2, 0.25) is 0 Å². The number of nitrogens with two attached hydrogens (primary N) is 1. The van der Waals surface area contributed by atoms with E-state index in [0.29, 0.717) is 22.8 Å². The summed E-state index contributed by atoms with van der Waals surface area (Å²) < 4.78 is 0. The minimum Gasteiger partial charge on any atom is -0.376 e. The highest BCUT2D eigenvalue weighted by atomic mass is 32.1. The average molecular weight is 333 g/mol. The van der Waals surface area contributed by atoms with Crippen LogP contribution in [0.25, 0.3) is 0 Å². The van der Waals surface area contributed by atoms with Gasteiger partial charge in [-0.25, -0.2) is 4.98 Å². The molecular weight excluding hydrogens is 316 g/mol. The van der Waals surface area contributed by atoms with Gasteiger partial charge < -0.3 is 16.4 Å². The minimum absolute atomic E-state index is 0.0871. The van der Waals surface area contributed by atoms with Gasteiger partial charge in [0.25, 0.3) is 0 Å². The van der Waals surface area contributed by atoms with Gasteiger partial charge in [0.2, 0.25) is 5.78 Å². The number of carbonyl (C=O) groups excluding carboxylic acids is 1. The third-order valence-corrected chi connectivity index (χ3v) is 3.92. The predicted octanol–water partition coefficient (Wildman–Crippen LogP) is 2.48. The molecular formula is C15H17N4OS2. The third-order valence-electron chi connectivity index (χ3n) is 3.03. The molecule has 2 aromatic rings. The van der Waals surface area contributed by atoms with Crippen LogP contribution >= 0.6 is 23.6 Å². The molecule has 1 aromatic heterocycles. The molecule has 5 nitrogen and oxygen atoms in total. The summed E-state index contributed by atoms with van der Waals surface area (Å²) in [6.07, 6.45) is 0.308. The van der Waals surface area contributed by atoms with E-state index in [4.69, 9.17) is 18.0 Å². The highest BCUT2D eigenvalue weighted by molar-refractivity contribution is 7.80. The van der Waals surface area contributed by atoms with Crippen molar-refractivity contribution >= 4 is 39.6 Å². The van der Waals surface area contributed by atoms with E-state index in [-0.39, 0.29) is 17.1 Å². The zero-order chi connectivity index (χ0) is 16.1. The zero-order valence-corrected chi connectivity index (χ0v) is 13.8. The van der Waals surface area contributed by atoms with Crippen LogP contribution in [0.4, 0.5) is 5.13 Å². The number of hydrogen-bond donors (Lipinski definition) is 3. The first-order valence-corrected chi connectivity index (χ1v) is 7.97. The van der Waals surface area contributed by atoms with Crippen LogP contribution in [0.15, 0.2) is 29.6 Å². The van der Waals surface area contributed by atoms with Crippen LogP contribution < -0.4 is 16.4 Å². The van der Waals surface area contributed by atoms with Crippen molar-refractivity contribution in [3.05, 3.63) is 53.4 Å².